The quantitative estimate of drug-likeness (QED) is 0.899. The fourth-order valence-corrected chi connectivity index (χ4v) is 1.67. The van der Waals surface area contributed by atoms with Crippen LogP contribution < -0.4 is 5.32 Å². The minimum atomic E-state index is 0.330. The lowest BCUT2D eigenvalue weighted by Gasteiger charge is -2.19. The van der Waals surface area contributed by atoms with Gasteiger partial charge in [0.2, 0.25) is 0 Å². The normalized spacial score (nSPS) is 11.5. The first kappa shape index (κ1) is 12.5. The van der Waals surface area contributed by atoms with Crippen molar-refractivity contribution in [2.75, 3.05) is 11.9 Å². The molecule has 1 heterocycles. The summed E-state index contributed by atoms with van der Waals surface area (Å²) >= 11 is 0. The number of nitrogens with one attached hydrogen (secondary N) is 1. The molecule has 0 unspecified atom stereocenters. The molecule has 0 saturated carbocycles. The first-order valence-corrected chi connectivity index (χ1v) is 6.12. The van der Waals surface area contributed by atoms with Crippen molar-refractivity contribution < 1.29 is 0 Å². The molecule has 0 aliphatic heterocycles. The minimum Gasteiger partial charge on any atom is -0.383 e. The molecule has 18 heavy (non-hydrogen) atoms. The van der Waals surface area contributed by atoms with E-state index >= 15 is 0 Å². The Labute approximate surface area is 107 Å². The Kier molecular flexibility index (Phi) is 3.60. The molecule has 0 aliphatic carbocycles. The number of anilines is 1. The van der Waals surface area contributed by atoms with Gasteiger partial charge in [0, 0.05) is 6.54 Å². The van der Waals surface area contributed by atoms with Crippen molar-refractivity contribution in [2.24, 2.45) is 5.41 Å². The summed E-state index contributed by atoms with van der Waals surface area (Å²) in [6.07, 6.45) is 2.71. The average molecular weight is 245 g/mol. The Morgan fingerprint density at radius 2 is 2.00 bits per heavy atom. The molecule has 0 radical (unpaired) electrons. The van der Waals surface area contributed by atoms with E-state index in [4.69, 9.17) is 0 Å². The molecule has 1 N–H and O–H groups in total. The fraction of sp³-hybridized carbons (Fsp3) is 0.462. The van der Waals surface area contributed by atoms with Crippen LogP contribution in [-0.2, 0) is 0 Å². The molecule has 0 spiro atoms. The molecule has 2 rings (SSSR count). The van der Waals surface area contributed by atoms with E-state index in [-0.39, 0.29) is 0 Å². The molecule has 96 valence electrons. The van der Waals surface area contributed by atoms with Crippen LogP contribution in [0.5, 0.6) is 0 Å². The number of tetrazole rings is 1. The number of nitrogens with zero attached hydrogens (tertiary/aromatic N) is 4. The number of hydrogen-bond donors (Lipinski definition) is 1. The summed E-state index contributed by atoms with van der Waals surface area (Å²) in [5, 5.41) is 14.7. The lowest BCUT2D eigenvalue weighted by molar-refractivity contribution is 0.390. The number of rotatable bonds is 4. The van der Waals surface area contributed by atoms with E-state index in [9.17, 15) is 0 Å². The number of benzene rings is 1. The number of hydrogen-bond acceptors (Lipinski definition) is 4. The van der Waals surface area contributed by atoms with Crippen molar-refractivity contribution in [1.29, 1.82) is 0 Å². The fourth-order valence-electron chi connectivity index (χ4n) is 1.67. The SMILES string of the molecule is CC(C)(C)CCNc1ccccc1-n1cnnn1. The van der Waals surface area contributed by atoms with Crippen molar-refractivity contribution in [1.82, 2.24) is 20.2 Å². The van der Waals surface area contributed by atoms with Crippen molar-refractivity contribution in [3.63, 3.8) is 0 Å². The third kappa shape index (κ3) is 3.29. The molecule has 0 saturated heterocycles. The predicted molar refractivity (Wildman–Crippen MR) is 71.7 cm³/mol. The van der Waals surface area contributed by atoms with Crippen LogP contribution in [0.25, 0.3) is 5.69 Å². The van der Waals surface area contributed by atoms with Gasteiger partial charge in [-0.1, -0.05) is 32.9 Å². The summed E-state index contributed by atoms with van der Waals surface area (Å²) in [6, 6.07) is 8.02. The average Bonchev–Trinajstić information content (AvgIpc) is 2.81. The maximum Gasteiger partial charge on any atom is 0.143 e. The maximum atomic E-state index is 3.92. The Balaban J connectivity index is 2.09. The van der Waals surface area contributed by atoms with Gasteiger partial charge in [-0.05, 0) is 34.4 Å². The van der Waals surface area contributed by atoms with E-state index in [2.05, 4.69) is 41.6 Å². The second-order valence-corrected chi connectivity index (χ2v) is 5.51. The van der Waals surface area contributed by atoms with Crippen LogP contribution in [0, 0.1) is 5.41 Å². The molecule has 1 aromatic carbocycles. The zero-order valence-corrected chi connectivity index (χ0v) is 11.1. The van der Waals surface area contributed by atoms with E-state index in [0.29, 0.717) is 5.41 Å². The summed E-state index contributed by atoms with van der Waals surface area (Å²) in [4.78, 5) is 0. The standard InChI is InChI=1S/C13H19N5/c1-13(2,3)8-9-14-11-6-4-5-7-12(11)18-10-15-16-17-18/h4-7,10,14H,8-9H2,1-3H3. The van der Waals surface area contributed by atoms with Crippen molar-refractivity contribution in [3.05, 3.63) is 30.6 Å². The van der Waals surface area contributed by atoms with Crippen molar-refractivity contribution in [3.8, 4) is 5.69 Å². The summed E-state index contributed by atoms with van der Waals surface area (Å²) in [6.45, 7) is 7.65. The third-order valence-corrected chi connectivity index (χ3v) is 2.69. The lowest BCUT2D eigenvalue weighted by Crippen LogP contribution is -2.14. The summed E-state index contributed by atoms with van der Waals surface area (Å²) in [5.41, 5.74) is 2.35. The molecule has 0 amide bonds. The first-order valence-electron chi connectivity index (χ1n) is 6.12. The molecule has 5 heteroatoms. The molecule has 0 bridgehead atoms. The van der Waals surface area contributed by atoms with Crippen LogP contribution in [0.4, 0.5) is 5.69 Å². The summed E-state index contributed by atoms with van der Waals surface area (Å²) in [5.74, 6) is 0. The molecule has 0 fully saturated rings. The van der Waals surface area contributed by atoms with Gasteiger partial charge in [0.15, 0.2) is 0 Å². The lowest BCUT2D eigenvalue weighted by atomic mass is 9.92. The highest BCUT2D eigenvalue weighted by molar-refractivity contribution is 5.60. The van der Waals surface area contributed by atoms with E-state index in [1.54, 1.807) is 11.0 Å². The van der Waals surface area contributed by atoms with Crippen LogP contribution >= 0.6 is 0 Å². The van der Waals surface area contributed by atoms with Gasteiger partial charge in [-0.25, -0.2) is 0 Å². The monoisotopic (exact) mass is 245 g/mol. The van der Waals surface area contributed by atoms with Crippen LogP contribution in [0.1, 0.15) is 27.2 Å². The summed E-state index contributed by atoms with van der Waals surface area (Å²) < 4.78 is 1.67. The summed E-state index contributed by atoms with van der Waals surface area (Å²) in [7, 11) is 0. The van der Waals surface area contributed by atoms with Crippen LogP contribution in [0.2, 0.25) is 0 Å². The van der Waals surface area contributed by atoms with Gasteiger partial charge in [0.25, 0.3) is 0 Å². The smallest absolute Gasteiger partial charge is 0.143 e. The van der Waals surface area contributed by atoms with Gasteiger partial charge < -0.3 is 5.32 Å². The van der Waals surface area contributed by atoms with Crippen LogP contribution in [0.3, 0.4) is 0 Å². The zero-order chi connectivity index (χ0) is 13.0. The van der Waals surface area contributed by atoms with Crippen molar-refractivity contribution in [2.45, 2.75) is 27.2 Å². The molecule has 0 aliphatic rings. The third-order valence-electron chi connectivity index (χ3n) is 2.69. The predicted octanol–water partition coefficient (Wildman–Crippen LogP) is 2.51. The highest BCUT2D eigenvalue weighted by atomic mass is 15.5. The van der Waals surface area contributed by atoms with Gasteiger partial charge in [-0.2, -0.15) is 4.68 Å². The minimum absolute atomic E-state index is 0.330. The number of aromatic nitrogens is 4. The van der Waals surface area contributed by atoms with Crippen LogP contribution in [-0.4, -0.2) is 26.8 Å². The largest absolute Gasteiger partial charge is 0.383 e. The topological polar surface area (TPSA) is 55.6 Å². The highest BCUT2D eigenvalue weighted by Gasteiger charge is 2.10. The molecule has 5 nitrogen and oxygen atoms in total. The van der Waals surface area contributed by atoms with Gasteiger partial charge in [0.1, 0.15) is 6.33 Å². The Morgan fingerprint density at radius 1 is 1.22 bits per heavy atom. The Morgan fingerprint density at radius 3 is 2.67 bits per heavy atom. The number of para-hydroxylation sites is 2. The molecule has 1 aromatic heterocycles. The Hall–Kier alpha value is -1.91. The molecule has 2 aromatic rings. The maximum absolute atomic E-state index is 3.92. The zero-order valence-electron chi connectivity index (χ0n) is 11.1. The van der Waals surface area contributed by atoms with E-state index < -0.39 is 0 Å². The van der Waals surface area contributed by atoms with Gasteiger partial charge in [-0.3, -0.25) is 0 Å². The Bertz CT molecular complexity index is 484. The van der Waals surface area contributed by atoms with Gasteiger partial charge in [-0.15, -0.1) is 5.10 Å². The van der Waals surface area contributed by atoms with E-state index in [1.165, 1.54) is 0 Å². The first-order chi connectivity index (χ1) is 8.56. The second-order valence-electron chi connectivity index (χ2n) is 5.51. The molecular weight excluding hydrogens is 226 g/mol. The van der Waals surface area contributed by atoms with E-state index in [0.717, 1.165) is 24.3 Å². The molecular formula is C13H19N5. The van der Waals surface area contributed by atoms with E-state index in [1.807, 2.05) is 24.3 Å². The highest BCUT2D eigenvalue weighted by Crippen LogP contribution is 2.21. The van der Waals surface area contributed by atoms with Crippen LogP contribution in [0.15, 0.2) is 30.6 Å². The van der Waals surface area contributed by atoms with Gasteiger partial charge in [0.05, 0.1) is 11.4 Å². The molecule has 0 atom stereocenters. The van der Waals surface area contributed by atoms with Crippen molar-refractivity contribution >= 4 is 5.69 Å². The van der Waals surface area contributed by atoms with Gasteiger partial charge >= 0.3 is 0 Å². The second kappa shape index (κ2) is 5.16.